The van der Waals surface area contributed by atoms with Crippen LogP contribution in [0.1, 0.15) is 59.3 Å². The summed E-state index contributed by atoms with van der Waals surface area (Å²) in [6.45, 7) is 10.1. The molecule has 5 rings (SSSR count). The molecule has 8 nitrogen and oxygen atoms in total. The van der Waals surface area contributed by atoms with Crippen LogP contribution in [0.5, 0.6) is 0 Å². The fourth-order valence-electron chi connectivity index (χ4n) is 4.42. The molecule has 3 aromatic heterocycles. The molecule has 0 unspecified atom stereocenters. The van der Waals surface area contributed by atoms with Crippen molar-refractivity contribution in [2.75, 3.05) is 0 Å². The number of nitrogens with zero attached hydrogens (tertiary/aromatic N) is 6. The summed E-state index contributed by atoms with van der Waals surface area (Å²) in [7, 11) is 5.08. The summed E-state index contributed by atoms with van der Waals surface area (Å²) in [5.74, 6) is 0. The zero-order chi connectivity index (χ0) is 34.5. The molecule has 11 heteroatoms. The molecule has 258 valence electrons. The Morgan fingerprint density at radius 2 is 0.872 bits per heavy atom. The van der Waals surface area contributed by atoms with Gasteiger partial charge in [-0.1, -0.05) is 76.4 Å². The Bertz CT molecular complexity index is 1420. The predicted molar refractivity (Wildman–Crippen MR) is 193 cm³/mol. The van der Waals surface area contributed by atoms with E-state index in [0.29, 0.717) is 0 Å². The highest BCUT2D eigenvalue weighted by molar-refractivity contribution is 8.57. The zero-order valence-corrected chi connectivity index (χ0v) is 31.6. The van der Waals surface area contributed by atoms with Crippen molar-refractivity contribution in [3.63, 3.8) is 0 Å². The van der Waals surface area contributed by atoms with Crippen molar-refractivity contribution in [2.24, 2.45) is 21.1 Å². The lowest BCUT2D eigenvalue weighted by Gasteiger charge is -2.53. The minimum Gasteiger partial charge on any atom is -0.853 e. The van der Waals surface area contributed by atoms with E-state index in [1.807, 2.05) is 57.5 Å². The van der Waals surface area contributed by atoms with Gasteiger partial charge < -0.3 is 27.7 Å². The molecule has 3 heterocycles. The van der Waals surface area contributed by atoms with Gasteiger partial charge in [-0.15, -0.1) is 0 Å². The molecule has 0 aliphatic carbocycles. The summed E-state index contributed by atoms with van der Waals surface area (Å²) >= 11 is 4.68. The molecular weight excluding hydrogens is 644 g/mol. The molecule has 5 aromatic rings. The summed E-state index contributed by atoms with van der Waals surface area (Å²) in [6, 6.07) is 18.2. The number of hydrogen-bond donors (Lipinski definition) is 0. The van der Waals surface area contributed by atoms with Gasteiger partial charge in [-0.05, 0) is 43.5 Å². The van der Waals surface area contributed by atoms with Crippen LogP contribution in [0.2, 0.25) is 0 Å². The Hall–Kier alpha value is -2.88. The number of aromatic nitrogens is 6. The van der Waals surface area contributed by atoms with Crippen molar-refractivity contribution in [1.29, 1.82) is 0 Å². The Kier molecular flexibility index (Phi) is 19.4. The molecular formula is C36H55N6O2PS2. The second kappa shape index (κ2) is 22.6. The molecule has 0 saturated carbocycles. The largest absolute Gasteiger partial charge is 0.853 e. The number of rotatable bonds is 11. The summed E-state index contributed by atoms with van der Waals surface area (Å²) < 4.78 is 12.8. The van der Waals surface area contributed by atoms with Gasteiger partial charge in [0.15, 0.2) is 0 Å². The van der Waals surface area contributed by atoms with Gasteiger partial charge in [-0.3, -0.25) is 0 Å². The predicted octanol–water partition coefficient (Wildman–Crippen LogP) is 5.01. The molecule has 0 fully saturated rings. The van der Waals surface area contributed by atoms with Gasteiger partial charge in [0.05, 0.1) is 40.8 Å². The Labute approximate surface area is 290 Å². The first-order valence-corrected chi connectivity index (χ1v) is 20.9. The number of benzene rings is 2. The molecule has 2 aromatic carbocycles. The monoisotopic (exact) mass is 698 g/mol. The SMILES string of the molecule is CCCCn1cc[n+](C)c1.CCCCn1cc[n+](C)c1.CCCCn1cc[n+](C)c1.[O-]P([O-])([S-])=S(c1ccccc1)c1ccccc1. The zero-order valence-electron chi connectivity index (χ0n) is 29.1. The van der Waals surface area contributed by atoms with E-state index in [2.05, 4.69) is 117 Å². The molecule has 0 N–H and O–H groups in total. The highest BCUT2D eigenvalue weighted by atomic mass is 32.9. The van der Waals surface area contributed by atoms with Gasteiger partial charge in [0.2, 0.25) is 19.0 Å². The average molecular weight is 699 g/mol. The Balaban J connectivity index is 0.000000226. The van der Waals surface area contributed by atoms with E-state index in [0.717, 1.165) is 29.4 Å². The maximum Gasteiger partial charge on any atom is 0.243 e. The van der Waals surface area contributed by atoms with Gasteiger partial charge in [-0.25, -0.2) is 27.4 Å². The van der Waals surface area contributed by atoms with Crippen molar-refractivity contribution in [3.05, 3.63) is 117 Å². The van der Waals surface area contributed by atoms with E-state index in [9.17, 15) is 9.79 Å². The molecule has 0 bridgehead atoms. The van der Waals surface area contributed by atoms with E-state index in [1.165, 1.54) is 38.5 Å². The van der Waals surface area contributed by atoms with E-state index in [4.69, 9.17) is 0 Å². The minimum atomic E-state index is -3.86. The van der Waals surface area contributed by atoms with Crippen molar-refractivity contribution in [2.45, 2.75) is 88.7 Å². The van der Waals surface area contributed by atoms with Crippen LogP contribution < -0.4 is 23.5 Å². The van der Waals surface area contributed by atoms with Crippen LogP contribution in [-0.2, 0) is 63.1 Å². The standard InChI is InChI=1S/C12H10O2PS2.3C8H15N2/c13-15(14,16)17(11-7-3-1-4-8-11)12-9-5-2-6-10-12;3*1-3-4-5-10-7-6-9(2)8-10/h1-10H;3*6-8H,3-5H2,1-2H3/q-3;3*+1. The molecule has 0 aliphatic heterocycles. The Morgan fingerprint density at radius 3 is 1.09 bits per heavy atom. The van der Waals surface area contributed by atoms with Crippen molar-refractivity contribution in [1.82, 2.24) is 13.7 Å². The van der Waals surface area contributed by atoms with Gasteiger partial charge in [-0.2, -0.15) is 10.1 Å². The van der Waals surface area contributed by atoms with Crippen LogP contribution in [0, 0.1) is 0 Å². The first kappa shape index (κ1) is 40.3. The van der Waals surface area contributed by atoms with Gasteiger partial charge >= 0.3 is 0 Å². The summed E-state index contributed by atoms with van der Waals surface area (Å²) in [5, 5.41) is 0. The van der Waals surface area contributed by atoms with Gasteiger partial charge in [0, 0.05) is 9.79 Å². The lowest BCUT2D eigenvalue weighted by atomic mass is 10.3. The Morgan fingerprint density at radius 1 is 0.574 bits per heavy atom. The molecule has 0 amide bonds. The minimum absolute atomic E-state index is 0.743. The summed E-state index contributed by atoms with van der Waals surface area (Å²) in [4.78, 5) is 25.1. The highest BCUT2D eigenvalue weighted by Crippen LogP contribution is 2.37. The fourth-order valence-corrected chi connectivity index (χ4v) is 9.86. The van der Waals surface area contributed by atoms with Crippen LogP contribution in [-0.4, -0.2) is 13.7 Å². The second-order valence-electron chi connectivity index (χ2n) is 11.4. The topological polar surface area (TPSA) is 72.5 Å². The van der Waals surface area contributed by atoms with Crippen LogP contribution in [0.3, 0.4) is 0 Å². The molecule has 47 heavy (non-hydrogen) atoms. The number of imidazole rings is 3. The molecule has 0 atom stereocenters. The van der Waals surface area contributed by atoms with E-state index in [1.54, 1.807) is 24.3 Å². The molecule has 0 saturated heterocycles. The second-order valence-corrected chi connectivity index (χ2v) is 18.4. The first-order chi connectivity index (χ1) is 22.6. The van der Waals surface area contributed by atoms with Crippen LogP contribution in [0.4, 0.5) is 0 Å². The fraction of sp³-hybridized carbons (Fsp3) is 0.417. The van der Waals surface area contributed by atoms with E-state index < -0.39 is 15.8 Å². The molecule has 0 radical (unpaired) electrons. The lowest BCUT2D eigenvalue weighted by Crippen LogP contribution is -2.23. The maximum atomic E-state index is 11.8. The number of hydrogen-bond acceptors (Lipinski definition) is 3. The first-order valence-electron chi connectivity index (χ1n) is 16.5. The normalized spacial score (nSPS) is 10.8. The lowest BCUT2D eigenvalue weighted by molar-refractivity contribution is -0.671. The van der Waals surface area contributed by atoms with Crippen molar-refractivity contribution in [3.8, 4) is 0 Å². The third kappa shape index (κ3) is 16.7. The number of aryl methyl sites for hydroxylation is 6. The van der Waals surface area contributed by atoms with E-state index >= 15 is 0 Å². The van der Waals surface area contributed by atoms with Crippen molar-refractivity contribution >= 4 is 28.0 Å². The van der Waals surface area contributed by atoms with Gasteiger partial charge in [0.25, 0.3) is 0 Å². The quantitative estimate of drug-likeness (QED) is 0.111. The third-order valence-electron chi connectivity index (χ3n) is 6.94. The highest BCUT2D eigenvalue weighted by Gasteiger charge is 2.00. The van der Waals surface area contributed by atoms with Crippen LogP contribution in [0.15, 0.2) is 127 Å². The molecule has 0 spiro atoms. The van der Waals surface area contributed by atoms with Crippen molar-refractivity contribution < 1.29 is 23.5 Å². The average Bonchev–Trinajstić information content (AvgIpc) is 3.80. The summed E-state index contributed by atoms with van der Waals surface area (Å²) in [6.07, 6.45) is 26.5. The van der Waals surface area contributed by atoms with Gasteiger partial charge in [0.1, 0.15) is 37.2 Å². The smallest absolute Gasteiger partial charge is 0.243 e. The maximum absolute atomic E-state index is 11.8. The van der Waals surface area contributed by atoms with Crippen LogP contribution >= 0.6 is 5.69 Å². The molecule has 0 aliphatic rings. The summed E-state index contributed by atoms with van der Waals surface area (Å²) in [5.41, 5.74) is -3.86. The third-order valence-corrected chi connectivity index (χ3v) is 12.8. The number of unbranched alkanes of at least 4 members (excludes halogenated alkanes) is 3. The van der Waals surface area contributed by atoms with Crippen LogP contribution in [0.25, 0.3) is 0 Å². The van der Waals surface area contributed by atoms with E-state index in [-0.39, 0.29) is 0 Å².